The first-order valence-electron chi connectivity index (χ1n) is 7.61. The topological polar surface area (TPSA) is 43.1 Å². The summed E-state index contributed by atoms with van der Waals surface area (Å²) in [6.07, 6.45) is 17.1. The summed E-state index contributed by atoms with van der Waals surface area (Å²) in [6.45, 7) is 10.6. The van der Waals surface area contributed by atoms with Crippen LogP contribution in [0, 0.1) is 5.41 Å². The molecule has 0 aromatic heterocycles. The van der Waals surface area contributed by atoms with Crippen molar-refractivity contribution < 1.29 is 4.79 Å². The number of allylic oxidation sites excluding steroid dienone is 11. The van der Waals surface area contributed by atoms with Crippen molar-refractivity contribution in [3.63, 3.8) is 0 Å². The van der Waals surface area contributed by atoms with E-state index in [-0.39, 0.29) is 5.41 Å². The van der Waals surface area contributed by atoms with Crippen molar-refractivity contribution in [2.75, 3.05) is 0 Å². The van der Waals surface area contributed by atoms with Crippen LogP contribution in [0.3, 0.4) is 0 Å². The van der Waals surface area contributed by atoms with Gasteiger partial charge >= 0.3 is 0 Å². The van der Waals surface area contributed by atoms with E-state index in [1.807, 2.05) is 25.2 Å². The summed E-state index contributed by atoms with van der Waals surface area (Å²) in [5.74, 6) is -0.419. The molecule has 118 valence electrons. The zero-order valence-corrected chi connectivity index (χ0v) is 14.3. The lowest BCUT2D eigenvalue weighted by Crippen LogP contribution is -2.16. The molecule has 0 atom stereocenters. The van der Waals surface area contributed by atoms with Gasteiger partial charge in [-0.05, 0) is 49.3 Å². The first kappa shape index (κ1) is 18.0. The Morgan fingerprint density at radius 2 is 1.91 bits per heavy atom. The summed E-state index contributed by atoms with van der Waals surface area (Å²) in [5, 5.41) is 0. The molecule has 0 aliphatic heterocycles. The molecule has 0 heterocycles. The number of hydrogen-bond donors (Lipinski definition) is 1. The molecular weight excluding hydrogens is 270 g/mol. The van der Waals surface area contributed by atoms with Crippen LogP contribution in [-0.2, 0) is 4.79 Å². The fourth-order valence-corrected chi connectivity index (χ4v) is 2.52. The summed E-state index contributed by atoms with van der Waals surface area (Å²) in [4.78, 5) is 10.8. The van der Waals surface area contributed by atoms with Crippen molar-refractivity contribution in [2.24, 2.45) is 11.1 Å². The van der Waals surface area contributed by atoms with Crippen molar-refractivity contribution in [3.8, 4) is 0 Å². The molecule has 1 aliphatic carbocycles. The van der Waals surface area contributed by atoms with E-state index in [2.05, 4.69) is 52.0 Å². The number of carbonyl (C=O) groups is 1. The Labute approximate surface area is 134 Å². The van der Waals surface area contributed by atoms with E-state index in [1.54, 1.807) is 0 Å². The average molecular weight is 297 g/mol. The van der Waals surface area contributed by atoms with Gasteiger partial charge in [-0.2, -0.15) is 0 Å². The van der Waals surface area contributed by atoms with Crippen molar-refractivity contribution >= 4 is 5.91 Å². The molecule has 0 bridgehead atoms. The molecule has 0 saturated carbocycles. The fraction of sp³-hybridized carbons (Fsp3) is 0.350. The minimum absolute atomic E-state index is 0.187. The van der Waals surface area contributed by atoms with E-state index in [1.165, 1.54) is 17.2 Å². The minimum atomic E-state index is -0.419. The second-order valence-electron chi connectivity index (χ2n) is 6.48. The predicted octanol–water partition coefficient (Wildman–Crippen LogP) is 4.78. The predicted molar refractivity (Wildman–Crippen MR) is 95.2 cm³/mol. The lowest BCUT2D eigenvalue weighted by Gasteiger charge is -2.29. The van der Waals surface area contributed by atoms with Crippen molar-refractivity contribution in [3.05, 3.63) is 70.9 Å². The molecule has 0 fully saturated rings. The number of rotatable bonds is 5. The smallest absolute Gasteiger partial charge is 0.241 e. The molecule has 0 aromatic rings. The highest BCUT2D eigenvalue weighted by Crippen LogP contribution is 2.37. The van der Waals surface area contributed by atoms with Gasteiger partial charge in [0.15, 0.2) is 0 Å². The molecule has 0 aromatic carbocycles. The number of amides is 1. The first-order chi connectivity index (χ1) is 10.2. The Bertz CT molecular complexity index is 608. The van der Waals surface area contributed by atoms with Crippen LogP contribution in [0.2, 0.25) is 0 Å². The Balaban J connectivity index is 2.82. The van der Waals surface area contributed by atoms with E-state index in [9.17, 15) is 4.79 Å². The van der Waals surface area contributed by atoms with E-state index in [4.69, 9.17) is 5.73 Å². The van der Waals surface area contributed by atoms with Gasteiger partial charge in [0, 0.05) is 6.08 Å². The maximum Gasteiger partial charge on any atom is 0.241 e. The largest absolute Gasteiger partial charge is 0.366 e. The van der Waals surface area contributed by atoms with Crippen molar-refractivity contribution in [1.29, 1.82) is 0 Å². The molecule has 0 saturated heterocycles. The van der Waals surface area contributed by atoms with Gasteiger partial charge in [-0.25, -0.2) is 0 Å². The van der Waals surface area contributed by atoms with Crippen LogP contribution in [0.1, 0.15) is 41.0 Å². The zero-order chi connectivity index (χ0) is 16.8. The van der Waals surface area contributed by atoms with E-state index >= 15 is 0 Å². The molecule has 1 amide bonds. The SMILES string of the molecule is CC1=C(/C=C/C(C)=C/C=C\C(C)=C\C(N)=O)C(C)(C)CC=C1. The average Bonchev–Trinajstić information content (AvgIpc) is 2.36. The Morgan fingerprint density at radius 1 is 1.23 bits per heavy atom. The highest BCUT2D eigenvalue weighted by Gasteiger charge is 2.23. The van der Waals surface area contributed by atoms with Gasteiger partial charge in [-0.1, -0.05) is 62.0 Å². The van der Waals surface area contributed by atoms with Gasteiger partial charge in [0.05, 0.1) is 0 Å². The molecule has 0 unspecified atom stereocenters. The van der Waals surface area contributed by atoms with Crippen LogP contribution in [0.25, 0.3) is 0 Å². The van der Waals surface area contributed by atoms with Crippen LogP contribution < -0.4 is 5.73 Å². The van der Waals surface area contributed by atoms with E-state index in [0.717, 1.165) is 17.6 Å². The van der Waals surface area contributed by atoms with Gasteiger partial charge in [0.1, 0.15) is 0 Å². The number of hydrogen-bond acceptors (Lipinski definition) is 1. The maximum absolute atomic E-state index is 10.8. The highest BCUT2D eigenvalue weighted by atomic mass is 16.1. The summed E-state index contributed by atoms with van der Waals surface area (Å²) in [6, 6.07) is 0. The highest BCUT2D eigenvalue weighted by molar-refractivity contribution is 5.86. The van der Waals surface area contributed by atoms with Crippen LogP contribution in [0.5, 0.6) is 0 Å². The second kappa shape index (κ2) is 7.79. The molecular formula is C20H27NO. The Morgan fingerprint density at radius 3 is 2.50 bits per heavy atom. The number of nitrogens with two attached hydrogens (primary N) is 1. The Kier molecular flexibility index (Phi) is 6.36. The van der Waals surface area contributed by atoms with Crippen LogP contribution in [0.4, 0.5) is 0 Å². The number of primary amides is 1. The standard InChI is InChI=1S/C20H27NO/c1-15(8-6-9-16(2)14-19(21)22)11-12-18-17(3)10-7-13-20(18,4)5/h6-12,14H,13H2,1-5H3,(H2,21,22)/b9-6-,12-11+,15-8+,16-14+. The fourth-order valence-electron chi connectivity index (χ4n) is 2.52. The van der Waals surface area contributed by atoms with E-state index < -0.39 is 5.91 Å². The molecule has 1 rings (SSSR count). The quantitative estimate of drug-likeness (QED) is 0.576. The monoisotopic (exact) mass is 297 g/mol. The summed E-state index contributed by atoms with van der Waals surface area (Å²) in [5.41, 5.74) is 10.0. The lowest BCUT2D eigenvalue weighted by molar-refractivity contribution is -0.113. The first-order valence-corrected chi connectivity index (χ1v) is 7.61. The van der Waals surface area contributed by atoms with Crippen molar-refractivity contribution in [1.82, 2.24) is 0 Å². The molecule has 2 nitrogen and oxygen atoms in total. The summed E-state index contributed by atoms with van der Waals surface area (Å²) in [7, 11) is 0. The summed E-state index contributed by atoms with van der Waals surface area (Å²) < 4.78 is 0. The normalized spacial score (nSPS) is 19.5. The zero-order valence-electron chi connectivity index (χ0n) is 14.3. The van der Waals surface area contributed by atoms with Crippen molar-refractivity contribution in [2.45, 2.75) is 41.0 Å². The van der Waals surface area contributed by atoms with E-state index in [0.29, 0.717) is 0 Å². The van der Waals surface area contributed by atoms with Gasteiger partial charge in [0.2, 0.25) is 5.91 Å². The minimum Gasteiger partial charge on any atom is -0.366 e. The van der Waals surface area contributed by atoms with Crippen LogP contribution in [0.15, 0.2) is 70.9 Å². The molecule has 0 spiro atoms. The Hall–Kier alpha value is -2.09. The van der Waals surface area contributed by atoms with Gasteiger partial charge in [-0.3, -0.25) is 4.79 Å². The van der Waals surface area contributed by atoms with Crippen LogP contribution in [-0.4, -0.2) is 5.91 Å². The van der Waals surface area contributed by atoms with Gasteiger partial charge < -0.3 is 5.73 Å². The molecule has 1 aliphatic rings. The third-order valence-corrected chi connectivity index (χ3v) is 3.75. The second-order valence-corrected chi connectivity index (χ2v) is 6.48. The third kappa shape index (κ3) is 5.72. The summed E-state index contributed by atoms with van der Waals surface area (Å²) >= 11 is 0. The van der Waals surface area contributed by atoms with Gasteiger partial charge in [0.25, 0.3) is 0 Å². The molecule has 2 N–H and O–H groups in total. The van der Waals surface area contributed by atoms with Crippen LogP contribution >= 0.6 is 0 Å². The lowest BCUT2D eigenvalue weighted by atomic mass is 9.75. The number of carbonyl (C=O) groups excluding carboxylic acids is 1. The molecule has 22 heavy (non-hydrogen) atoms. The van der Waals surface area contributed by atoms with Gasteiger partial charge in [-0.15, -0.1) is 0 Å². The maximum atomic E-state index is 10.8. The molecule has 2 heteroatoms. The third-order valence-electron chi connectivity index (χ3n) is 3.75. The molecule has 0 radical (unpaired) electrons.